The third-order valence-electron chi connectivity index (χ3n) is 4.21. The highest BCUT2D eigenvalue weighted by Crippen LogP contribution is 2.46. The zero-order chi connectivity index (χ0) is 13.8. The van der Waals surface area contributed by atoms with Crippen LogP contribution < -0.4 is 0 Å². The molecule has 1 heterocycles. The molecule has 0 bridgehead atoms. The van der Waals surface area contributed by atoms with Gasteiger partial charge in [0.1, 0.15) is 0 Å². The number of rotatable bonds is 5. The molecule has 1 aliphatic rings. The van der Waals surface area contributed by atoms with E-state index in [0.29, 0.717) is 5.92 Å². The molecule has 1 aromatic rings. The van der Waals surface area contributed by atoms with Gasteiger partial charge in [-0.05, 0) is 46.7 Å². The van der Waals surface area contributed by atoms with Gasteiger partial charge in [0.2, 0.25) is 0 Å². The molecule has 1 atom stereocenters. The number of thiophene rings is 1. The number of hydrogen-bond donors (Lipinski definition) is 0. The lowest BCUT2D eigenvalue weighted by atomic mass is 9.78. The Hall–Kier alpha value is 0.760. The van der Waals surface area contributed by atoms with Crippen molar-refractivity contribution in [3.8, 4) is 0 Å². The molecule has 0 saturated heterocycles. The van der Waals surface area contributed by atoms with E-state index in [1.807, 2.05) is 6.07 Å². The topological polar surface area (TPSA) is 0 Å². The molecule has 4 heteroatoms. The highest BCUT2D eigenvalue weighted by atomic mass is 79.9. The zero-order valence-electron chi connectivity index (χ0n) is 11.3. The molecule has 108 valence electrons. The van der Waals surface area contributed by atoms with Gasteiger partial charge in [-0.3, -0.25) is 0 Å². The molecule has 0 nitrogen and oxygen atoms in total. The summed E-state index contributed by atoms with van der Waals surface area (Å²) in [5.74, 6) is 1.57. The predicted octanol–water partition coefficient (Wildman–Crippen LogP) is 7.44. The van der Waals surface area contributed by atoms with Gasteiger partial charge in [-0.2, -0.15) is 0 Å². The highest BCUT2D eigenvalue weighted by molar-refractivity contribution is 9.11. The first-order valence-corrected chi connectivity index (χ1v) is 9.63. The lowest BCUT2D eigenvalue weighted by Crippen LogP contribution is -2.17. The van der Waals surface area contributed by atoms with Crippen molar-refractivity contribution in [2.45, 2.75) is 57.2 Å². The minimum atomic E-state index is 0.140. The summed E-state index contributed by atoms with van der Waals surface area (Å²) in [4.78, 5) is 1.22. The predicted molar refractivity (Wildman–Crippen MR) is 90.6 cm³/mol. The van der Waals surface area contributed by atoms with Gasteiger partial charge in [0.15, 0.2) is 0 Å². The van der Waals surface area contributed by atoms with Crippen LogP contribution in [0.3, 0.4) is 0 Å². The second-order valence-corrected chi connectivity index (χ2v) is 8.87. The summed E-state index contributed by atoms with van der Waals surface area (Å²) in [5.41, 5.74) is 0. The molecule has 0 radical (unpaired) electrons. The van der Waals surface area contributed by atoms with E-state index in [1.165, 1.54) is 49.8 Å². The van der Waals surface area contributed by atoms with E-state index in [2.05, 4.69) is 22.9 Å². The van der Waals surface area contributed by atoms with E-state index < -0.39 is 0 Å². The molecule has 0 aromatic carbocycles. The molecule has 19 heavy (non-hydrogen) atoms. The Morgan fingerprint density at radius 1 is 1.37 bits per heavy atom. The molecule has 0 spiro atoms. The van der Waals surface area contributed by atoms with Crippen molar-refractivity contribution in [1.82, 2.24) is 0 Å². The highest BCUT2D eigenvalue weighted by Gasteiger charge is 2.28. The quantitative estimate of drug-likeness (QED) is 0.463. The monoisotopic (exact) mass is 382 g/mol. The summed E-state index contributed by atoms with van der Waals surface area (Å²) in [6.07, 6.45) is 9.37. The normalized spacial score (nSPS) is 25.5. The summed E-state index contributed by atoms with van der Waals surface area (Å²) >= 11 is 17.9. The first kappa shape index (κ1) is 16.1. The summed E-state index contributed by atoms with van der Waals surface area (Å²) in [5, 5.41) is 0.934. The van der Waals surface area contributed by atoms with E-state index in [1.54, 1.807) is 11.3 Å². The third-order valence-corrected chi connectivity index (χ3v) is 7.49. The maximum absolute atomic E-state index is 6.65. The van der Waals surface area contributed by atoms with E-state index in [9.17, 15) is 0 Å². The van der Waals surface area contributed by atoms with E-state index in [0.717, 1.165) is 14.7 Å². The summed E-state index contributed by atoms with van der Waals surface area (Å²) < 4.78 is 1.01. The Bertz CT molecular complexity index is 377. The second kappa shape index (κ2) is 7.68. The second-order valence-electron chi connectivity index (χ2n) is 5.60. The summed E-state index contributed by atoms with van der Waals surface area (Å²) in [6, 6.07) is 2.02. The lowest BCUT2D eigenvalue weighted by Gasteiger charge is -2.30. The number of unbranched alkanes of at least 4 members (excludes halogenated alkanes) is 1. The molecule has 0 amide bonds. The van der Waals surface area contributed by atoms with Crippen molar-refractivity contribution in [1.29, 1.82) is 0 Å². The maximum Gasteiger partial charge on any atom is 0.0887 e. The molecular weight excluding hydrogens is 363 g/mol. The lowest BCUT2D eigenvalue weighted by molar-refractivity contribution is 0.255. The van der Waals surface area contributed by atoms with Crippen LogP contribution >= 0.6 is 50.5 Å². The minimum Gasteiger partial charge on any atom is -0.130 e. The Morgan fingerprint density at radius 3 is 2.58 bits per heavy atom. The Morgan fingerprint density at radius 2 is 2.05 bits per heavy atom. The first-order chi connectivity index (χ1) is 9.11. The van der Waals surface area contributed by atoms with Crippen LogP contribution in [-0.4, -0.2) is 0 Å². The van der Waals surface area contributed by atoms with Gasteiger partial charge in [0, 0.05) is 4.88 Å². The molecular formula is C15H21BrCl2S. The Labute approximate surface area is 139 Å². The fourth-order valence-electron chi connectivity index (χ4n) is 2.99. The average molecular weight is 384 g/mol. The van der Waals surface area contributed by atoms with Crippen LogP contribution in [-0.2, 0) is 0 Å². The van der Waals surface area contributed by atoms with Crippen LogP contribution in [0.1, 0.15) is 62.1 Å². The van der Waals surface area contributed by atoms with Gasteiger partial charge < -0.3 is 0 Å². The van der Waals surface area contributed by atoms with E-state index in [4.69, 9.17) is 23.2 Å². The summed E-state index contributed by atoms with van der Waals surface area (Å²) in [6.45, 7) is 2.28. The van der Waals surface area contributed by atoms with Crippen LogP contribution in [0.2, 0.25) is 5.02 Å². The number of hydrogen-bond acceptors (Lipinski definition) is 1. The van der Waals surface area contributed by atoms with Crippen molar-refractivity contribution >= 4 is 50.5 Å². The largest absolute Gasteiger partial charge is 0.130 e. The summed E-state index contributed by atoms with van der Waals surface area (Å²) in [7, 11) is 0. The standard InChI is InChI=1S/C15H21BrCl2S/c1-2-3-4-10-5-7-11(8-6-10)14(18)13-9-12(17)15(16)19-13/h9-11,14H,2-8H2,1H3. The van der Waals surface area contributed by atoms with Crippen LogP contribution in [0, 0.1) is 11.8 Å². The fraction of sp³-hybridized carbons (Fsp3) is 0.733. The number of halogens is 3. The van der Waals surface area contributed by atoms with Gasteiger partial charge in [-0.25, -0.2) is 0 Å². The Balaban J connectivity index is 1.87. The molecule has 1 unspecified atom stereocenters. The number of alkyl halides is 1. The van der Waals surface area contributed by atoms with Crippen LogP contribution in [0.5, 0.6) is 0 Å². The van der Waals surface area contributed by atoms with E-state index >= 15 is 0 Å². The third kappa shape index (κ3) is 4.36. The molecule has 0 aliphatic heterocycles. The van der Waals surface area contributed by atoms with Crippen molar-refractivity contribution < 1.29 is 0 Å². The van der Waals surface area contributed by atoms with Crippen molar-refractivity contribution in [3.63, 3.8) is 0 Å². The van der Waals surface area contributed by atoms with Gasteiger partial charge >= 0.3 is 0 Å². The Kier molecular flexibility index (Phi) is 6.52. The fourth-order valence-corrected chi connectivity index (χ4v) is 5.26. The van der Waals surface area contributed by atoms with Crippen LogP contribution in [0.15, 0.2) is 9.85 Å². The smallest absolute Gasteiger partial charge is 0.0887 e. The van der Waals surface area contributed by atoms with Crippen LogP contribution in [0.25, 0.3) is 0 Å². The van der Waals surface area contributed by atoms with Gasteiger partial charge in [0.25, 0.3) is 0 Å². The zero-order valence-corrected chi connectivity index (χ0v) is 15.2. The molecule has 1 aliphatic carbocycles. The minimum absolute atomic E-state index is 0.140. The van der Waals surface area contributed by atoms with Crippen molar-refractivity contribution in [3.05, 3.63) is 19.8 Å². The van der Waals surface area contributed by atoms with E-state index in [-0.39, 0.29) is 5.38 Å². The van der Waals surface area contributed by atoms with Gasteiger partial charge in [-0.1, -0.05) is 50.6 Å². The first-order valence-electron chi connectivity index (χ1n) is 7.20. The van der Waals surface area contributed by atoms with Crippen molar-refractivity contribution in [2.75, 3.05) is 0 Å². The molecule has 1 saturated carbocycles. The molecule has 2 rings (SSSR count). The van der Waals surface area contributed by atoms with Gasteiger partial charge in [0.05, 0.1) is 14.2 Å². The SMILES string of the molecule is CCCCC1CCC(C(Cl)c2cc(Cl)c(Br)s2)CC1. The van der Waals surface area contributed by atoms with Gasteiger partial charge in [-0.15, -0.1) is 22.9 Å². The van der Waals surface area contributed by atoms with Crippen molar-refractivity contribution in [2.24, 2.45) is 11.8 Å². The molecule has 1 fully saturated rings. The average Bonchev–Trinajstić information content (AvgIpc) is 2.76. The van der Waals surface area contributed by atoms with Crippen LogP contribution in [0.4, 0.5) is 0 Å². The maximum atomic E-state index is 6.65. The molecule has 1 aromatic heterocycles. The molecule has 0 N–H and O–H groups in total.